The van der Waals surface area contributed by atoms with Crippen molar-refractivity contribution >= 4 is 11.9 Å². The summed E-state index contributed by atoms with van der Waals surface area (Å²) in [5.41, 5.74) is 0. The van der Waals surface area contributed by atoms with Gasteiger partial charge in [0.05, 0.1) is 11.8 Å². The van der Waals surface area contributed by atoms with Gasteiger partial charge in [0.25, 0.3) is 0 Å². The summed E-state index contributed by atoms with van der Waals surface area (Å²) >= 11 is 0. The molecule has 4 heteroatoms. The lowest BCUT2D eigenvalue weighted by atomic mass is 9.81. The van der Waals surface area contributed by atoms with Gasteiger partial charge in [-0.2, -0.15) is 0 Å². The van der Waals surface area contributed by atoms with Crippen LogP contribution in [0.3, 0.4) is 0 Å². The second kappa shape index (κ2) is 19.3. The molecule has 3 unspecified atom stereocenters. The molecule has 3 atom stereocenters. The Morgan fingerprint density at radius 1 is 0.758 bits per heavy atom. The van der Waals surface area contributed by atoms with Gasteiger partial charge in [-0.25, -0.2) is 0 Å². The zero-order valence-electron chi connectivity index (χ0n) is 22.1. The average molecular weight is 467 g/mol. The predicted molar refractivity (Wildman–Crippen MR) is 137 cm³/mol. The van der Waals surface area contributed by atoms with Crippen molar-refractivity contribution in [2.75, 3.05) is 0 Å². The third-order valence-corrected chi connectivity index (χ3v) is 7.33. The Balaban J connectivity index is 2.36. The first kappa shape index (κ1) is 30.0. The van der Waals surface area contributed by atoms with E-state index < -0.39 is 5.97 Å². The minimum Gasteiger partial charge on any atom is -0.481 e. The first-order valence-electron chi connectivity index (χ1n) is 14.4. The quantitative estimate of drug-likeness (QED) is 0.144. The fourth-order valence-electron chi connectivity index (χ4n) is 5.11. The highest BCUT2D eigenvalue weighted by Crippen LogP contribution is 2.31. The Morgan fingerprint density at radius 3 is 1.76 bits per heavy atom. The lowest BCUT2D eigenvalue weighted by Gasteiger charge is -2.27. The van der Waals surface area contributed by atoms with Crippen molar-refractivity contribution in [1.29, 1.82) is 0 Å². The van der Waals surface area contributed by atoms with E-state index in [0.29, 0.717) is 12.8 Å². The number of hydrogen-bond donors (Lipinski definition) is 1. The summed E-state index contributed by atoms with van der Waals surface area (Å²) in [5, 5.41) is 9.34. The molecule has 1 N–H and O–H groups in total. The molecule has 0 aromatic heterocycles. The number of ether oxygens (including phenoxy) is 1. The third kappa shape index (κ3) is 15.5. The predicted octanol–water partition coefficient (Wildman–Crippen LogP) is 8.71. The van der Waals surface area contributed by atoms with Crippen LogP contribution in [-0.4, -0.2) is 23.1 Å². The Morgan fingerprint density at radius 2 is 1.24 bits per heavy atom. The highest BCUT2D eigenvalue weighted by atomic mass is 16.5. The second-order valence-corrected chi connectivity index (χ2v) is 11.0. The Hall–Kier alpha value is -1.06. The van der Waals surface area contributed by atoms with Crippen LogP contribution in [0.5, 0.6) is 0 Å². The number of unbranched alkanes of at least 4 members (excludes halogenated alkanes) is 11. The summed E-state index contributed by atoms with van der Waals surface area (Å²) in [6.07, 6.45) is 22.6. The van der Waals surface area contributed by atoms with Crippen molar-refractivity contribution in [3.63, 3.8) is 0 Å². The zero-order valence-corrected chi connectivity index (χ0v) is 22.1. The summed E-state index contributed by atoms with van der Waals surface area (Å²) in [4.78, 5) is 24.2. The van der Waals surface area contributed by atoms with E-state index in [1.807, 2.05) is 0 Å². The van der Waals surface area contributed by atoms with E-state index in [2.05, 4.69) is 20.8 Å². The molecule has 1 rings (SSSR count). The van der Waals surface area contributed by atoms with Gasteiger partial charge in [0.15, 0.2) is 0 Å². The lowest BCUT2D eigenvalue weighted by molar-refractivity contribution is -0.158. The molecule has 4 nitrogen and oxygen atoms in total. The molecule has 1 aliphatic rings. The van der Waals surface area contributed by atoms with Crippen molar-refractivity contribution in [2.45, 2.75) is 155 Å². The number of esters is 1. The van der Waals surface area contributed by atoms with Crippen LogP contribution in [0.25, 0.3) is 0 Å². The van der Waals surface area contributed by atoms with Crippen LogP contribution >= 0.6 is 0 Å². The number of carboxylic acids is 1. The van der Waals surface area contributed by atoms with E-state index in [0.717, 1.165) is 44.4 Å². The van der Waals surface area contributed by atoms with Gasteiger partial charge in [0.1, 0.15) is 6.10 Å². The molecule has 1 aliphatic carbocycles. The number of aliphatic carboxylic acids is 1. The molecule has 0 aliphatic heterocycles. The van der Waals surface area contributed by atoms with E-state index >= 15 is 0 Å². The molecule has 0 aromatic carbocycles. The zero-order chi connectivity index (χ0) is 24.3. The normalized spacial score (nSPS) is 19.5. The average Bonchev–Trinajstić information content (AvgIpc) is 2.79. The molecule has 1 saturated carbocycles. The molecule has 0 amide bonds. The van der Waals surface area contributed by atoms with Crippen LogP contribution in [-0.2, 0) is 14.3 Å². The Kier molecular flexibility index (Phi) is 17.5. The summed E-state index contributed by atoms with van der Waals surface area (Å²) in [6.45, 7) is 6.81. The van der Waals surface area contributed by atoms with Crippen LogP contribution in [0.2, 0.25) is 0 Å². The molecule has 0 bridgehead atoms. The second-order valence-electron chi connectivity index (χ2n) is 11.0. The minimum absolute atomic E-state index is 0.0114. The Labute approximate surface area is 204 Å². The number of carboxylic acid groups (broad SMARTS) is 1. The van der Waals surface area contributed by atoms with Crippen molar-refractivity contribution in [2.24, 2.45) is 17.8 Å². The molecule has 194 valence electrons. The molecule has 33 heavy (non-hydrogen) atoms. The molecule has 0 radical (unpaired) electrons. The Bertz CT molecular complexity index is 502. The highest BCUT2D eigenvalue weighted by molar-refractivity contribution is 5.75. The summed E-state index contributed by atoms with van der Waals surface area (Å²) < 4.78 is 6.00. The van der Waals surface area contributed by atoms with E-state index in [4.69, 9.17) is 4.74 Å². The van der Waals surface area contributed by atoms with E-state index in [1.165, 1.54) is 77.0 Å². The van der Waals surface area contributed by atoms with E-state index in [-0.39, 0.29) is 23.9 Å². The van der Waals surface area contributed by atoms with Crippen LogP contribution in [0.4, 0.5) is 0 Å². The van der Waals surface area contributed by atoms with Crippen LogP contribution < -0.4 is 0 Å². The summed E-state index contributed by atoms with van der Waals surface area (Å²) in [5.74, 6) is -0.734. The SMILES string of the molecule is CCCCCCCCCCCC(CCCCCCC(C)C)OC(=O)C1CCCC(C(=O)O)C1. The van der Waals surface area contributed by atoms with Gasteiger partial charge < -0.3 is 9.84 Å². The number of carbonyl (C=O) groups excluding carboxylic acids is 1. The highest BCUT2D eigenvalue weighted by Gasteiger charge is 2.32. The standard InChI is InChI=1S/C29H54O4/c1-4-5-6-7-8-9-10-11-15-21-27(22-16-13-12-14-18-24(2)3)33-29(32)26-20-17-19-25(23-26)28(30)31/h24-27H,4-23H2,1-3H3,(H,30,31). The fourth-order valence-corrected chi connectivity index (χ4v) is 5.11. The first-order valence-corrected chi connectivity index (χ1v) is 14.4. The maximum Gasteiger partial charge on any atom is 0.309 e. The number of rotatable bonds is 20. The lowest BCUT2D eigenvalue weighted by Crippen LogP contribution is -2.31. The van der Waals surface area contributed by atoms with E-state index in [1.54, 1.807) is 0 Å². The summed E-state index contributed by atoms with van der Waals surface area (Å²) in [6, 6.07) is 0. The van der Waals surface area contributed by atoms with Gasteiger partial charge in [0.2, 0.25) is 0 Å². The van der Waals surface area contributed by atoms with Crippen LogP contribution in [0, 0.1) is 17.8 Å². The minimum atomic E-state index is -0.764. The molecule has 0 aromatic rings. The van der Waals surface area contributed by atoms with E-state index in [9.17, 15) is 14.7 Å². The van der Waals surface area contributed by atoms with Gasteiger partial charge in [-0.15, -0.1) is 0 Å². The van der Waals surface area contributed by atoms with Gasteiger partial charge in [-0.3, -0.25) is 9.59 Å². The molecular formula is C29H54O4. The fraction of sp³-hybridized carbons (Fsp3) is 0.931. The smallest absolute Gasteiger partial charge is 0.309 e. The van der Waals surface area contributed by atoms with Crippen molar-refractivity contribution < 1.29 is 19.4 Å². The monoisotopic (exact) mass is 466 g/mol. The molecular weight excluding hydrogens is 412 g/mol. The molecule has 1 fully saturated rings. The van der Waals surface area contributed by atoms with Gasteiger partial charge in [0, 0.05) is 0 Å². The maximum atomic E-state index is 12.8. The van der Waals surface area contributed by atoms with Gasteiger partial charge >= 0.3 is 11.9 Å². The first-order chi connectivity index (χ1) is 15.9. The third-order valence-electron chi connectivity index (χ3n) is 7.33. The maximum absolute atomic E-state index is 12.8. The van der Waals surface area contributed by atoms with Crippen molar-refractivity contribution in [1.82, 2.24) is 0 Å². The van der Waals surface area contributed by atoms with Crippen molar-refractivity contribution in [3.05, 3.63) is 0 Å². The number of hydrogen-bond acceptors (Lipinski definition) is 3. The van der Waals surface area contributed by atoms with Crippen LogP contribution in [0.1, 0.15) is 149 Å². The molecule has 0 spiro atoms. The summed E-state index contributed by atoms with van der Waals surface area (Å²) in [7, 11) is 0. The molecule has 0 saturated heterocycles. The van der Waals surface area contributed by atoms with Crippen LogP contribution in [0.15, 0.2) is 0 Å². The molecule has 0 heterocycles. The topological polar surface area (TPSA) is 63.6 Å². The van der Waals surface area contributed by atoms with Gasteiger partial charge in [-0.05, 0) is 50.9 Å². The van der Waals surface area contributed by atoms with Crippen molar-refractivity contribution in [3.8, 4) is 0 Å². The van der Waals surface area contributed by atoms with Gasteiger partial charge in [-0.1, -0.05) is 104 Å². The largest absolute Gasteiger partial charge is 0.481 e. The number of carbonyl (C=O) groups is 2.